The average molecular weight is 236 g/mol. The van der Waals surface area contributed by atoms with Gasteiger partial charge in [0.1, 0.15) is 12.1 Å². The number of rotatable bonds is 2. The summed E-state index contributed by atoms with van der Waals surface area (Å²) in [5.74, 6) is 0. The van der Waals surface area contributed by atoms with Crippen molar-refractivity contribution in [2.75, 3.05) is 0 Å². The maximum absolute atomic E-state index is 10.4. The van der Waals surface area contributed by atoms with Gasteiger partial charge in [0.25, 0.3) is 0 Å². The first kappa shape index (κ1) is 12.0. The molecule has 0 bridgehead atoms. The van der Waals surface area contributed by atoms with Crippen LogP contribution in [-0.4, -0.2) is 6.04 Å². The quantitative estimate of drug-likeness (QED) is 0.582. The van der Waals surface area contributed by atoms with Gasteiger partial charge in [-0.25, -0.2) is 0 Å². The first-order valence-corrected chi connectivity index (χ1v) is 5.65. The van der Waals surface area contributed by atoms with E-state index in [0.717, 1.165) is 16.7 Å². The summed E-state index contributed by atoms with van der Waals surface area (Å²) in [5.41, 5.74) is 3.41. The second kappa shape index (κ2) is 5.24. The predicted octanol–water partition coefficient (Wildman–Crippen LogP) is 3.53. The number of aryl methyl sites for hydroxylation is 1. The zero-order valence-corrected chi connectivity index (χ0v) is 10.00. The lowest BCUT2D eigenvalue weighted by Gasteiger charge is -2.08. The molecule has 3 nitrogen and oxygen atoms in total. The van der Waals surface area contributed by atoms with Crippen LogP contribution in [0, 0.1) is 23.2 Å². The third kappa shape index (κ3) is 2.44. The molecule has 0 radical (unpaired) electrons. The summed E-state index contributed by atoms with van der Waals surface area (Å²) in [6, 6.07) is 9.58. The summed E-state index contributed by atoms with van der Waals surface area (Å²) in [4.78, 5) is 10.4. The molecule has 0 saturated carbocycles. The van der Waals surface area contributed by atoms with Crippen molar-refractivity contribution in [3.05, 3.63) is 70.2 Å². The molecule has 0 atom stereocenters. The Bertz CT molecular complexity index is 587. The number of benzene rings is 1. The van der Waals surface area contributed by atoms with Gasteiger partial charge in [-0.15, -0.1) is 4.91 Å². The van der Waals surface area contributed by atoms with Crippen LogP contribution in [0.3, 0.4) is 0 Å². The third-order valence-corrected chi connectivity index (χ3v) is 2.77. The van der Waals surface area contributed by atoms with E-state index in [1.807, 2.05) is 31.2 Å². The van der Waals surface area contributed by atoms with Crippen molar-refractivity contribution in [2.45, 2.75) is 13.0 Å². The molecule has 0 aromatic heterocycles. The minimum Gasteiger partial charge on any atom is -0.192 e. The third-order valence-electron chi connectivity index (χ3n) is 2.77. The Balaban J connectivity index is 2.45. The monoisotopic (exact) mass is 236 g/mol. The molecule has 1 aliphatic rings. The molecular formula is C15H12N2O. The Morgan fingerprint density at radius 1 is 1.33 bits per heavy atom. The first-order chi connectivity index (χ1) is 8.74. The molecule has 0 amide bonds. The van der Waals surface area contributed by atoms with Crippen LogP contribution >= 0.6 is 0 Å². The fraction of sp³-hybridized carbons (Fsp3) is 0.133. The van der Waals surface area contributed by atoms with E-state index in [0.29, 0.717) is 5.57 Å². The van der Waals surface area contributed by atoms with Crippen molar-refractivity contribution in [1.29, 1.82) is 5.26 Å². The first-order valence-electron chi connectivity index (χ1n) is 5.65. The van der Waals surface area contributed by atoms with Crippen LogP contribution in [0.25, 0.3) is 5.57 Å². The Kier molecular flexibility index (Phi) is 3.49. The zero-order chi connectivity index (χ0) is 13.0. The zero-order valence-electron chi connectivity index (χ0n) is 10.00. The molecule has 18 heavy (non-hydrogen) atoms. The average Bonchev–Trinajstić information content (AvgIpc) is 2.40. The van der Waals surface area contributed by atoms with Crippen LogP contribution in [0.15, 0.2) is 59.3 Å². The maximum atomic E-state index is 10.4. The van der Waals surface area contributed by atoms with Crippen molar-refractivity contribution < 1.29 is 0 Å². The number of allylic oxidation sites excluding steroid dienone is 4. The van der Waals surface area contributed by atoms with Crippen LogP contribution in [-0.2, 0) is 0 Å². The van der Waals surface area contributed by atoms with Crippen molar-refractivity contribution in [3.8, 4) is 6.07 Å². The van der Waals surface area contributed by atoms with Gasteiger partial charge in [0.15, 0.2) is 0 Å². The topological polar surface area (TPSA) is 53.2 Å². The molecule has 0 heterocycles. The summed E-state index contributed by atoms with van der Waals surface area (Å²) in [6.07, 6.45) is 6.92. The highest BCUT2D eigenvalue weighted by molar-refractivity contribution is 5.83. The lowest BCUT2D eigenvalue weighted by Crippen LogP contribution is -1.99. The lowest BCUT2D eigenvalue weighted by atomic mass is 9.96. The minimum atomic E-state index is -0.425. The van der Waals surface area contributed by atoms with E-state index in [9.17, 15) is 10.2 Å². The molecular weight excluding hydrogens is 224 g/mol. The van der Waals surface area contributed by atoms with Crippen LogP contribution in [0.5, 0.6) is 0 Å². The normalized spacial score (nSPS) is 17.3. The van der Waals surface area contributed by atoms with Crippen molar-refractivity contribution in [3.63, 3.8) is 0 Å². The number of hydrogen-bond donors (Lipinski definition) is 0. The Labute approximate surface area is 106 Å². The van der Waals surface area contributed by atoms with E-state index in [-0.39, 0.29) is 0 Å². The van der Waals surface area contributed by atoms with E-state index in [4.69, 9.17) is 0 Å². The summed E-state index contributed by atoms with van der Waals surface area (Å²) >= 11 is 0. The molecule has 0 fully saturated rings. The van der Waals surface area contributed by atoms with Crippen LogP contribution in [0.2, 0.25) is 0 Å². The molecule has 0 aliphatic heterocycles. The van der Waals surface area contributed by atoms with E-state index in [1.165, 1.54) is 0 Å². The van der Waals surface area contributed by atoms with Gasteiger partial charge in [0, 0.05) is 0 Å². The standard InChI is InChI=1S/C15H12N2O/c1-11-3-2-4-13(9-11)15(10-16)12-5-7-14(17-18)8-6-12/h2-9,14H,1H3. The molecule has 0 spiro atoms. The van der Waals surface area contributed by atoms with Gasteiger partial charge in [-0.05, 0) is 18.1 Å². The second-order valence-corrected chi connectivity index (χ2v) is 4.13. The van der Waals surface area contributed by atoms with E-state index >= 15 is 0 Å². The minimum absolute atomic E-state index is 0.425. The van der Waals surface area contributed by atoms with Crippen LogP contribution in [0.1, 0.15) is 11.1 Å². The van der Waals surface area contributed by atoms with Crippen molar-refractivity contribution in [2.24, 2.45) is 5.18 Å². The van der Waals surface area contributed by atoms with Gasteiger partial charge in [-0.2, -0.15) is 5.26 Å². The smallest absolute Gasteiger partial charge is 0.129 e. The SMILES string of the molecule is Cc1cccc(C(C#N)=C2C=CC(N=O)C=C2)c1. The second-order valence-electron chi connectivity index (χ2n) is 4.13. The number of hydrogen-bond acceptors (Lipinski definition) is 3. The predicted molar refractivity (Wildman–Crippen MR) is 71.6 cm³/mol. The van der Waals surface area contributed by atoms with Crippen LogP contribution < -0.4 is 0 Å². The molecule has 1 aromatic rings. The van der Waals surface area contributed by atoms with Gasteiger partial charge >= 0.3 is 0 Å². The highest BCUT2D eigenvalue weighted by Gasteiger charge is 2.10. The van der Waals surface area contributed by atoms with E-state index < -0.39 is 6.04 Å². The lowest BCUT2D eigenvalue weighted by molar-refractivity contribution is 1.00. The van der Waals surface area contributed by atoms with E-state index in [2.05, 4.69) is 11.2 Å². The highest BCUT2D eigenvalue weighted by atomic mass is 16.3. The molecule has 88 valence electrons. The highest BCUT2D eigenvalue weighted by Crippen LogP contribution is 2.23. The van der Waals surface area contributed by atoms with Crippen molar-refractivity contribution >= 4 is 5.57 Å². The summed E-state index contributed by atoms with van der Waals surface area (Å²) in [7, 11) is 0. The van der Waals surface area contributed by atoms with E-state index in [1.54, 1.807) is 24.3 Å². The van der Waals surface area contributed by atoms with Gasteiger partial charge in [0.2, 0.25) is 0 Å². The maximum Gasteiger partial charge on any atom is 0.129 e. The summed E-state index contributed by atoms with van der Waals surface area (Å²) in [6.45, 7) is 1.99. The van der Waals surface area contributed by atoms with Crippen molar-refractivity contribution in [1.82, 2.24) is 0 Å². The Hall–Kier alpha value is -2.47. The van der Waals surface area contributed by atoms with Gasteiger partial charge < -0.3 is 0 Å². The fourth-order valence-corrected chi connectivity index (χ4v) is 1.86. The molecule has 1 aromatic carbocycles. The summed E-state index contributed by atoms with van der Waals surface area (Å²) < 4.78 is 0. The molecule has 0 N–H and O–H groups in total. The van der Waals surface area contributed by atoms with Gasteiger partial charge in [0.05, 0.1) is 5.57 Å². The fourth-order valence-electron chi connectivity index (χ4n) is 1.86. The van der Waals surface area contributed by atoms with Crippen LogP contribution in [0.4, 0.5) is 0 Å². The van der Waals surface area contributed by atoms with Gasteiger partial charge in [-0.3, -0.25) is 0 Å². The largest absolute Gasteiger partial charge is 0.192 e. The Morgan fingerprint density at radius 3 is 2.61 bits per heavy atom. The Morgan fingerprint density at radius 2 is 2.06 bits per heavy atom. The number of nitriles is 1. The number of nitrogens with zero attached hydrogens (tertiary/aromatic N) is 2. The molecule has 3 heteroatoms. The molecule has 1 aliphatic carbocycles. The number of nitroso groups, excluding NO2 is 1. The molecule has 2 rings (SSSR count). The molecule has 0 unspecified atom stereocenters. The van der Waals surface area contributed by atoms with Gasteiger partial charge in [-0.1, -0.05) is 59.3 Å². The summed E-state index contributed by atoms with van der Waals surface area (Å²) in [5, 5.41) is 12.2. The molecule has 0 saturated heterocycles.